The summed E-state index contributed by atoms with van der Waals surface area (Å²) in [5.41, 5.74) is 10.7. The van der Waals surface area contributed by atoms with Gasteiger partial charge in [0.2, 0.25) is 0 Å². The highest BCUT2D eigenvalue weighted by Crippen LogP contribution is 2.51. The van der Waals surface area contributed by atoms with Gasteiger partial charge in [-0.15, -0.1) is 0 Å². The van der Waals surface area contributed by atoms with Gasteiger partial charge in [-0.2, -0.15) is 5.10 Å². The van der Waals surface area contributed by atoms with Crippen LogP contribution in [0.15, 0.2) is 60.7 Å². The predicted molar refractivity (Wildman–Crippen MR) is 117 cm³/mol. The van der Waals surface area contributed by atoms with Crippen LogP contribution in [0.3, 0.4) is 0 Å². The lowest BCUT2D eigenvalue weighted by molar-refractivity contribution is 0.100. The van der Waals surface area contributed by atoms with Crippen LogP contribution in [0.25, 0.3) is 33.4 Å². The summed E-state index contributed by atoms with van der Waals surface area (Å²) in [5, 5.41) is 9.26. The maximum Gasteiger partial charge on any atom is 0.254 e. The van der Waals surface area contributed by atoms with E-state index in [0.29, 0.717) is 11.3 Å². The third-order valence-corrected chi connectivity index (χ3v) is 6.33. The molecule has 1 spiro atoms. The minimum atomic E-state index is -0.456. The second-order valence-corrected chi connectivity index (χ2v) is 8.22. The van der Waals surface area contributed by atoms with E-state index in [-0.39, 0.29) is 5.54 Å². The lowest BCUT2D eigenvalue weighted by Gasteiger charge is -2.25. The fourth-order valence-corrected chi connectivity index (χ4v) is 4.52. The van der Waals surface area contributed by atoms with Crippen molar-refractivity contribution in [3.63, 3.8) is 0 Å². The van der Waals surface area contributed by atoms with Crippen molar-refractivity contribution in [3.05, 3.63) is 66.2 Å². The molecular weight excluding hydrogens is 374 g/mol. The Labute approximate surface area is 173 Å². The summed E-state index contributed by atoms with van der Waals surface area (Å²) in [5.74, 6) is 0.301. The molecule has 1 aliphatic heterocycles. The number of nitrogens with zero attached hydrogens (tertiary/aromatic N) is 3. The number of fused-ring (bicyclic) bond motifs is 3. The first-order chi connectivity index (χ1) is 14.6. The standard InChI is InChI=1S/C24H21N5O/c25-22(30)20-21(28-29-23(20)26-13-12-24(29)10-11-24)17-7-6-16-8-9-18(27-19(16)14-17)15-4-2-1-3-5-15/h1-9,14,26H,10-13H2,(H2,25,30). The molecule has 0 saturated heterocycles. The molecule has 0 unspecified atom stereocenters. The number of anilines is 1. The molecule has 6 nitrogen and oxygen atoms in total. The zero-order valence-electron chi connectivity index (χ0n) is 16.4. The van der Waals surface area contributed by atoms with Gasteiger partial charge < -0.3 is 11.1 Å². The molecule has 1 saturated carbocycles. The molecule has 3 N–H and O–H groups in total. The van der Waals surface area contributed by atoms with Crippen LogP contribution in [0, 0.1) is 0 Å². The molecule has 4 aromatic rings. The second kappa shape index (κ2) is 6.16. The first-order valence-electron chi connectivity index (χ1n) is 10.3. The van der Waals surface area contributed by atoms with E-state index in [4.69, 9.17) is 15.8 Å². The maximum absolute atomic E-state index is 12.4. The fourth-order valence-electron chi connectivity index (χ4n) is 4.52. The number of carbonyl (C=O) groups is 1. The van der Waals surface area contributed by atoms with Crippen LogP contribution in [0.4, 0.5) is 5.82 Å². The summed E-state index contributed by atoms with van der Waals surface area (Å²) in [4.78, 5) is 17.2. The minimum absolute atomic E-state index is 0.0542. The Hall–Kier alpha value is -3.67. The van der Waals surface area contributed by atoms with Gasteiger partial charge in [0.05, 0.1) is 16.7 Å². The van der Waals surface area contributed by atoms with Gasteiger partial charge in [0.15, 0.2) is 0 Å². The molecule has 1 amide bonds. The Kier molecular flexibility index (Phi) is 3.53. The van der Waals surface area contributed by atoms with E-state index in [1.54, 1.807) is 0 Å². The van der Waals surface area contributed by atoms with Crippen LogP contribution in [0.1, 0.15) is 29.6 Å². The largest absolute Gasteiger partial charge is 0.369 e. The molecule has 148 valence electrons. The van der Waals surface area contributed by atoms with E-state index in [1.165, 1.54) is 0 Å². The molecule has 0 bridgehead atoms. The van der Waals surface area contributed by atoms with Crippen molar-refractivity contribution in [1.29, 1.82) is 0 Å². The van der Waals surface area contributed by atoms with Crippen molar-refractivity contribution in [1.82, 2.24) is 14.8 Å². The van der Waals surface area contributed by atoms with Crippen molar-refractivity contribution in [2.45, 2.75) is 24.8 Å². The van der Waals surface area contributed by atoms with E-state index < -0.39 is 5.91 Å². The number of pyridine rings is 1. The van der Waals surface area contributed by atoms with Gasteiger partial charge in [-0.1, -0.05) is 48.5 Å². The summed E-state index contributed by atoms with van der Waals surface area (Å²) in [6.45, 7) is 0.838. The highest BCUT2D eigenvalue weighted by atomic mass is 16.1. The first kappa shape index (κ1) is 17.2. The summed E-state index contributed by atoms with van der Waals surface area (Å²) < 4.78 is 2.00. The highest BCUT2D eigenvalue weighted by Gasteiger charge is 2.49. The predicted octanol–water partition coefficient (Wildman–Crippen LogP) is 4.17. The van der Waals surface area contributed by atoms with Crippen LogP contribution < -0.4 is 11.1 Å². The smallest absolute Gasteiger partial charge is 0.254 e. The van der Waals surface area contributed by atoms with Gasteiger partial charge in [0, 0.05) is 23.1 Å². The molecule has 0 atom stereocenters. The average molecular weight is 395 g/mol. The zero-order chi connectivity index (χ0) is 20.3. The van der Waals surface area contributed by atoms with Gasteiger partial charge >= 0.3 is 0 Å². The summed E-state index contributed by atoms with van der Waals surface area (Å²) >= 11 is 0. The van der Waals surface area contributed by atoms with Crippen LogP contribution in [0.5, 0.6) is 0 Å². The number of primary amides is 1. The monoisotopic (exact) mass is 395 g/mol. The van der Waals surface area contributed by atoms with Crippen molar-refractivity contribution in [2.75, 3.05) is 11.9 Å². The number of benzene rings is 2. The van der Waals surface area contributed by atoms with Gasteiger partial charge in [0.25, 0.3) is 5.91 Å². The molecule has 1 aliphatic carbocycles. The summed E-state index contributed by atoms with van der Waals surface area (Å²) in [6.07, 6.45) is 3.22. The summed E-state index contributed by atoms with van der Waals surface area (Å²) in [7, 11) is 0. The van der Waals surface area contributed by atoms with Gasteiger partial charge in [-0.3, -0.25) is 4.79 Å². The lowest BCUT2D eigenvalue weighted by Crippen LogP contribution is -2.30. The number of amides is 1. The van der Waals surface area contributed by atoms with Gasteiger partial charge in [0.1, 0.15) is 17.1 Å². The lowest BCUT2D eigenvalue weighted by atomic mass is 10.0. The number of aromatic nitrogens is 3. The number of rotatable bonds is 3. The van der Waals surface area contributed by atoms with Gasteiger partial charge in [-0.25, -0.2) is 9.67 Å². The Morgan fingerprint density at radius 1 is 1.00 bits per heavy atom. The molecule has 2 aromatic carbocycles. The van der Waals surface area contributed by atoms with Crippen LogP contribution in [-0.4, -0.2) is 27.2 Å². The molecule has 6 heteroatoms. The molecular formula is C24H21N5O. The Bertz CT molecular complexity index is 1300. The molecule has 2 aliphatic rings. The number of hydrogen-bond donors (Lipinski definition) is 2. The summed E-state index contributed by atoms with van der Waals surface area (Å²) in [6, 6.07) is 20.2. The molecule has 0 radical (unpaired) electrons. The van der Waals surface area contributed by atoms with Crippen molar-refractivity contribution in [3.8, 4) is 22.5 Å². The van der Waals surface area contributed by atoms with Crippen LogP contribution in [-0.2, 0) is 5.54 Å². The van der Waals surface area contributed by atoms with E-state index in [9.17, 15) is 4.79 Å². The average Bonchev–Trinajstić information content (AvgIpc) is 3.42. The number of nitrogens with two attached hydrogens (primary N) is 1. The molecule has 1 fully saturated rings. The molecule has 30 heavy (non-hydrogen) atoms. The maximum atomic E-state index is 12.4. The molecule has 3 heterocycles. The third-order valence-electron chi connectivity index (χ3n) is 6.33. The van der Waals surface area contributed by atoms with Gasteiger partial charge in [-0.05, 0) is 31.4 Å². The highest BCUT2D eigenvalue weighted by molar-refractivity contribution is 6.04. The molecule has 6 rings (SSSR count). The Morgan fingerprint density at radius 3 is 2.57 bits per heavy atom. The van der Waals surface area contributed by atoms with Crippen molar-refractivity contribution >= 4 is 22.6 Å². The van der Waals surface area contributed by atoms with E-state index in [1.807, 2.05) is 59.3 Å². The number of hydrogen-bond acceptors (Lipinski definition) is 4. The van der Waals surface area contributed by atoms with Crippen LogP contribution in [0.2, 0.25) is 0 Å². The minimum Gasteiger partial charge on any atom is -0.369 e. The van der Waals surface area contributed by atoms with E-state index >= 15 is 0 Å². The first-order valence-corrected chi connectivity index (χ1v) is 10.3. The topological polar surface area (TPSA) is 85.8 Å². The Balaban J connectivity index is 1.52. The second-order valence-electron chi connectivity index (χ2n) is 8.22. The third kappa shape index (κ3) is 2.53. The van der Waals surface area contributed by atoms with E-state index in [2.05, 4.69) is 11.4 Å². The normalized spacial score (nSPS) is 16.3. The molecule has 2 aromatic heterocycles. The quantitative estimate of drug-likeness (QED) is 0.545. The van der Waals surface area contributed by atoms with Crippen LogP contribution >= 0.6 is 0 Å². The van der Waals surface area contributed by atoms with Crippen molar-refractivity contribution < 1.29 is 4.79 Å². The SMILES string of the molecule is NC(=O)c1c(-c2ccc3ccc(-c4ccccc4)nc3c2)nn2c1NCCC21CC1. The van der Waals surface area contributed by atoms with Crippen molar-refractivity contribution in [2.24, 2.45) is 5.73 Å². The number of carbonyl (C=O) groups excluding carboxylic acids is 1. The van der Waals surface area contributed by atoms with E-state index in [0.717, 1.165) is 59.3 Å². The fraction of sp³-hybridized carbons (Fsp3) is 0.208. The number of nitrogens with one attached hydrogen (secondary N) is 1. The Morgan fingerprint density at radius 2 is 1.80 bits per heavy atom. The zero-order valence-corrected chi connectivity index (χ0v) is 16.4.